The molecule has 19 heavy (non-hydrogen) atoms. The topological polar surface area (TPSA) is 39.7 Å². The number of benzene rings is 1. The normalized spacial score (nSPS) is 18.1. The Kier molecular flexibility index (Phi) is 5.05. The molecule has 1 heterocycles. The molecule has 1 aliphatic heterocycles. The number of piperidine rings is 1. The van der Waals surface area contributed by atoms with E-state index in [1.807, 2.05) is 18.2 Å². The molecule has 1 N–H and O–H groups in total. The molecule has 4 nitrogen and oxygen atoms in total. The second kappa shape index (κ2) is 6.78. The van der Waals surface area contributed by atoms with Crippen LogP contribution in [0.2, 0.25) is 0 Å². The molecule has 1 atom stereocenters. The Morgan fingerprint density at radius 3 is 2.53 bits per heavy atom. The van der Waals surface area contributed by atoms with Crippen LogP contribution in [0, 0.1) is 0 Å². The minimum Gasteiger partial charge on any atom is -0.497 e. The molecular weight excluding hydrogens is 242 g/mol. The van der Waals surface area contributed by atoms with Gasteiger partial charge >= 0.3 is 0 Å². The zero-order chi connectivity index (χ0) is 13.7. The molecule has 1 aromatic rings. The summed E-state index contributed by atoms with van der Waals surface area (Å²) in [7, 11) is 3.35. The minimum atomic E-state index is 0.00755. The summed E-state index contributed by atoms with van der Waals surface area (Å²) < 4.78 is 16.8. The van der Waals surface area contributed by atoms with Gasteiger partial charge in [-0.15, -0.1) is 0 Å². The van der Waals surface area contributed by atoms with Crippen LogP contribution in [0.4, 0.5) is 0 Å². The summed E-state index contributed by atoms with van der Waals surface area (Å²) in [6.45, 7) is 4.14. The van der Waals surface area contributed by atoms with Crippen molar-refractivity contribution >= 4 is 0 Å². The second-order valence-electron chi connectivity index (χ2n) is 4.84. The molecule has 0 bridgehead atoms. The monoisotopic (exact) mass is 265 g/mol. The highest BCUT2D eigenvalue weighted by molar-refractivity contribution is 5.41. The molecule has 0 aromatic heterocycles. The van der Waals surface area contributed by atoms with E-state index in [1.165, 1.54) is 0 Å². The number of hydrogen-bond donors (Lipinski definition) is 1. The lowest BCUT2D eigenvalue weighted by Gasteiger charge is -2.27. The third-order valence-corrected chi connectivity index (χ3v) is 3.56. The molecule has 4 heteroatoms. The third kappa shape index (κ3) is 3.61. The first-order valence-electron chi connectivity index (χ1n) is 6.82. The number of rotatable bonds is 5. The van der Waals surface area contributed by atoms with Gasteiger partial charge in [-0.1, -0.05) is 0 Å². The lowest BCUT2D eigenvalue weighted by Crippen LogP contribution is -2.33. The molecule has 0 aliphatic carbocycles. The van der Waals surface area contributed by atoms with Crippen molar-refractivity contribution < 1.29 is 14.2 Å². The second-order valence-corrected chi connectivity index (χ2v) is 4.84. The summed E-state index contributed by atoms with van der Waals surface area (Å²) in [6.07, 6.45) is 2.47. The van der Waals surface area contributed by atoms with Crippen LogP contribution >= 0.6 is 0 Å². The van der Waals surface area contributed by atoms with Gasteiger partial charge in [0.05, 0.1) is 26.4 Å². The van der Waals surface area contributed by atoms with Crippen molar-refractivity contribution in [3.63, 3.8) is 0 Å². The van der Waals surface area contributed by atoms with E-state index in [1.54, 1.807) is 14.2 Å². The fourth-order valence-electron chi connectivity index (χ4n) is 2.45. The predicted molar refractivity (Wildman–Crippen MR) is 74.9 cm³/mol. The van der Waals surface area contributed by atoms with Crippen LogP contribution in [-0.4, -0.2) is 33.4 Å². The predicted octanol–water partition coefficient (Wildman–Crippen LogP) is 2.53. The standard InChI is InChI=1S/C15H23NO3/c1-11(19-12-6-8-16-9-7-12)14-10-13(17-2)4-5-15(14)18-3/h4-5,10-12,16H,6-9H2,1-3H3. The van der Waals surface area contributed by atoms with Gasteiger partial charge in [0.2, 0.25) is 0 Å². The van der Waals surface area contributed by atoms with Crippen LogP contribution in [-0.2, 0) is 4.74 Å². The molecule has 1 aliphatic rings. The Bertz CT molecular complexity index is 402. The third-order valence-electron chi connectivity index (χ3n) is 3.56. The number of methoxy groups -OCH3 is 2. The average Bonchev–Trinajstić information content (AvgIpc) is 2.47. The minimum absolute atomic E-state index is 0.00755. The average molecular weight is 265 g/mol. The lowest BCUT2D eigenvalue weighted by molar-refractivity contribution is -0.0196. The Morgan fingerprint density at radius 2 is 1.89 bits per heavy atom. The first-order chi connectivity index (χ1) is 9.24. The summed E-state index contributed by atoms with van der Waals surface area (Å²) in [5.41, 5.74) is 1.04. The van der Waals surface area contributed by atoms with Gasteiger partial charge < -0.3 is 19.5 Å². The first-order valence-corrected chi connectivity index (χ1v) is 6.82. The molecular formula is C15H23NO3. The summed E-state index contributed by atoms with van der Waals surface area (Å²) >= 11 is 0. The van der Waals surface area contributed by atoms with Crippen LogP contribution < -0.4 is 14.8 Å². The van der Waals surface area contributed by atoms with Crippen molar-refractivity contribution in [3.05, 3.63) is 23.8 Å². The highest BCUT2D eigenvalue weighted by atomic mass is 16.5. The summed E-state index contributed by atoms with van der Waals surface area (Å²) in [5, 5.41) is 3.34. The van der Waals surface area contributed by atoms with E-state index in [2.05, 4.69) is 12.2 Å². The lowest BCUT2D eigenvalue weighted by atomic mass is 10.1. The largest absolute Gasteiger partial charge is 0.497 e. The summed E-state index contributed by atoms with van der Waals surface area (Å²) in [5.74, 6) is 1.68. The van der Waals surface area contributed by atoms with Gasteiger partial charge in [0.25, 0.3) is 0 Å². The van der Waals surface area contributed by atoms with Gasteiger partial charge in [0.15, 0.2) is 0 Å². The maximum Gasteiger partial charge on any atom is 0.124 e. The fourth-order valence-corrected chi connectivity index (χ4v) is 2.45. The first kappa shape index (κ1) is 14.2. The number of hydrogen-bond acceptors (Lipinski definition) is 4. The van der Waals surface area contributed by atoms with Gasteiger partial charge in [0, 0.05) is 5.56 Å². The molecule has 1 fully saturated rings. The Hall–Kier alpha value is -1.26. The van der Waals surface area contributed by atoms with Crippen molar-refractivity contribution in [1.29, 1.82) is 0 Å². The van der Waals surface area contributed by atoms with E-state index in [4.69, 9.17) is 14.2 Å². The van der Waals surface area contributed by atoms with Crippen molar-refractivity contribution in [2.24, 2.45) is 0 Å². The van der Waals surface area contributed by atoms with Gasteiger partial charge in [-0.2, -0.15) is 0 Å². The zero-order valence-corrected chi connectivity index (χ0v) is 11.9. The van der Waals surface area contributed by atoms with E-state index in [0.717, 1.165) is 43.0 Å². The molecule has 106 valence electrons. The molecule has 0 amide bonds. The van der Waals surface area contributed by atoms with Gasteiger partial charge in [-0.05, 0) is 51.1 Å². The quantitative estimate of drug-likeness (QED) is 0.888. The van der Waals surface area contributed by atoms with Crippen molar-refractivity contribution in [2.45, 2.75) is 32.0 Å². The van der Waals surface area contributed by atoms with Gasteiger partial charge in [0.1, 0.15) is 11.5 Å². The highest BCUT2D eigenvalue weighted by Gasteiger charge is 2.20. The number of nitrogens with one attached hydrogen (secondary N) is 1. The molecule has 1 aromatic carbocycles. The van der Waals surface area contributed by atoms with Crippen LogP contribution in [0.3, 0.4) is 0 Å². The molecule has 0 spiro atoms. The molecule has 0 radical (unpaired) electrons. The van der Waals surface area contributed by atoms with Crippen molar-refractivity contribution in [1.82, 2.24) is 5.32 Å². The Balaban J connectivity index is 2.09. The molecule has 1 saturated heterocycles. The maximum absolute atomic E-state index is 6.14. The van der Waals surface area contributed by atoms with Crippen molar-refractivity contribution in [2.75, 3.05) is 27.3 Å². The van der Waals surface area contributed by atoms with E-state index < -0.39 is 0 Å². The Labute approximate surface area is 115 Å². The van der Waals surface area contributed by atoms with E-state index in [9.17, 15) is 0 Å². The molecule has 2 rings (SSSR count). The summed E-state index contributed by atoms with van der Waals surface area (Å²) in [4.78, 5) is 0. The van der Waals surface area contributed by atoms with Crippen molar-refractivity contribution in [3.8, 4) is 11.5 Å². The maximum atomic E-state index is 6.14. The van der Waals surface area contributed by atoms with Crippen LogP contribution in [0.1, 0.15) is 31.4 Å². The smallest absolute Gasteiger partial charge is 0.124 e. The van der Waals surface area contributed by atoms with Gasteiger partial charge in [-0.25, -0.2) is 0 Å². The van der Waals surface area contributed by atoms with Crippen LogP contribution in [0.15, 0.2) is 18.2 Å². The highest BCUT2D eigenvalue weighted by Crippen LogP contribution is 2.32. The van der Waals surface area contributed by atoms with Gasteiger partial charge in [-0.3, -0.25) is 0 Å². The molecule has 0 saturated carbocycles. The number of ether oxygens (including phenoxy) is 3. The fraction of sp³-hybridized carbons (Fsp3) is 0.600. The van der Waals surface area contributed by atoms with E-state index in [-0.39, 0.29) is 6.10 Å². The Morgan fingerprint density at radius 1 is 1.16 bits per heavy atom. The van der Waals surface area contributed by atoms with E-state index in [0.29, 0.717) is 6.10 Å². The van der Waals surface area contributed by atoms with Crippen LogP contribution in [0.25, 0.3) is 0 Å². The summed E-state index contributed by atoms with van der Waals surface area (Å²) in [6, 6.07) is 5.82. The van der Waals surface area contributed by atoms with Crippen LogP contribution in [0.5, 0.6) is 11.5 Å². The SMILES string of the molecule is COc1ccc(OC)c(C(C)OC2CCNCC2)c1. The van der Waals surface area contributed by atoms with E-state index >= 15 is 0 Å². The molecule has 1 unspecified atom stereocenters. The zero-order valence-electron chi connectivity index (χ0n) is 11.9.